The van der Waals surface area contributed by atoms with Crippen molar-refractivity contribution in [2.75, 3.05) is 20.1 Å². The Morgan fingerprint density at radius 3 is 1.20 bits per heavy atom. The van der Waals surface area contributed by atoms with Crippen LogP contribution < -0.4 is 20.1 Å². The number of urea groups is 1. The van der Waals surface area contributed by atoms with Crippen LogP contribution in [0.3, 0.4) is 0 Å². The second-order valence-electron chi connectivity index (χ2n) is 12.3. The summed E-state index contributed by atoms with van der Waals surface area (Å²) in [5.41, 5.74) is 1.18. The summed E-state index contributed by atoms with van der Waals surface area (Å²) < 4.78 is 123. The van der Waals surface area contributed by atoms with Gasteiger partial charge in [0.25, 0.3) is 40.3 Å². The summed E-state index contributed by atoms with van der Waals surface area (Å²) in [4.78, 5) is 11.1. The number of aromatic hydroxyl groups is 2. The van der Waals surface area contributed by atoms with Crippen LogP contribution in [0.1, 0.15) is 11.1 Å². The molecule has 6 aromatic rings. The van der Waals surface area contributed by atoms with Crippen LogP contribution in [0.15, 0.2) is 117 Å². The lowest BCUT2D eigenvalue weighted by Crippen LogP contribution is -2.21. The van der Waals surface area contributed by atoms with Gasteiger partial charge in [-0.05, 0) is 85.6 Å². The van der Waals surface area contributed by atoms with E-state index in [0.717, 1.165) is 12.1 Å². The van der Waals surface area contributed by atoms with Crippen LogP contribution in [0.4, 0.5) is 27.5 Å². The molecule has 0 heterocycles. The van der Waals surface area contributed by atoms with Crippen LogP contribution in [-0.2, 0) is 40.3 Å². The predicted molar refractivity (Wildman–Crippen MR) is 207 cm³/mol. The minimum Gasteiger partial charge on any atom is -0.506 e. The van der Waals surface area contributed by atoms with Gasteiger partial charge in [0, 0.05) is 32.9 Å². The first-order chi connectivity index (χ1) is 26.1. The number of carbonyl (C=O) groups excluding carboxylic acids is 1. The number of phenols is 2. The van der Waals surface area contributed by atoms with Gasteiger partial charge in [-0.1, -0.05) is 36.4 Å². The van der Waals surface area contributed by atoms with Crippen molar-refractivity contribution in [2.45, 2.75) is 33.4 Å². The third kappa shape index (κ3) is 7.89. The first-order valence-electron chi connectivity index (χ1n) is 15.9. The van der Waals surface area contributed by atoms with Crippen LogP contribution >= 0.6 is 0 Å². The lowest BCUT2D eigenvalue weighted by molar-refractivity contribution is 0.262. The molecule has 0 spiro atoms. The summed E-state index contributed by atoms with van der Waals surface area (Å²) in [7, 11) is -18.0. The van der Waals surface area contributed by atoms with E-state index < -0.39 is 67.6 Å². The van der Waals surface area contributed by atoms with Crippen LogP contribution in [-0.4, -0.2) is 59.0 Å². The number of benzene rings is 6. The standard InChI is InChI=1S/C35H30N4O13S4/c1-19-17-21(53(43,44)38-29-7-3-5-25-23(29)11-15-31(33(25)40)55(47,48)49)9-13-27(19)36-35(42)37-28-14-10-22(18-20(28)2)54(45,46)39-30-8-4-6-26-24(30)12-16-32(34(26)41)56(50,51)52/h3-18,38-41H,1-2H3,(H2,36,37,42)(H,47,48,49)(H,50,51,52). The van der Waals surface area contributed by atoms with Gasteiger partial charge in [0.2, 0.25) is 0 Å². The summed E-state index contributed by atoms with van der Waals surface area (Å²) in [6, 6.07) is 19.6. The van der Waals surface area contributed by atoms with Gasteiger partial charge < -0.3 is 20.8 Å². The van der Waals surface area contributed by atoms with Gasteiger partial charge in [0.05, 0.1) is 21.2 Å². The summed E-state index contributed by atoms with van der Waals surface area (Å²) in [6.07, 6.45) is 0. The smallest absolute Gasteiger partial charge is 0.323 e. The van der Waals surface area contributed by atoms with Crippen LogP contribution in [0, 0.1) is 13.8 Å². The zero-order valence-electron chi connectivity index (χ0n) is 28.8. The molecule has 0 unspecified atom stereocenters. The summed E-state index contributed by atoms with van der Waals surface area (Å²) in [5, 5.41) is 26.3. The lowest BCUT2D eigenvalue weighted by atomic mass is 10.1. The molecule has 0 aliphatic rings. The Hall–Kier alpha value is -5.97. The number of aryl methyl sites for hydroxylation is 2. The summed E-state index contributed by atoms with van der Waals surface area (Å²) in [6.45, 7) is 3.09. The molecule has 0 bridgehead atoms. The van der Waals surface area contributed by atoms with E-state index in [1.54, 1.807) is 13.8 Å². The molecule has 6 aromatic carbocycles. The third-order valence-electron chi connectivity index (χ3n) is 8.55. The third-order valence-corrected chi connectivity index (χ3v) is 13.0. The highest BCUT2D eigenvalue weighted by Gasteiger charge is 2.23. The number of amides is 2. The van der Waals surface area contributed by atoms with Crippen molar-refractivity contribution in [3.05, 3.63) is 108 Å². The largest absolute Gasteiger partial charge is 0.506 e. The molecule has 0 atom stereocenters. The van der Waals surface area contributed by atoms with E-state index in [0.29, 0.717) is 11.1 Å². The molecule has 292 valence electrons. The fraction of sp³-hybridized carbons (Fsp3) is 0.0571. The monoisotopic (exact) mass is 842 g/mol. The first kappa shape index (κ1) is 39.7. The molecule has 0 saturated carbocycles. The topological polar surface area (TPSA) is 283 Å². The average Bonchev–Trinajstić information content (AvgIpc) is 3.09. The molecule has 8 N–H and O–H groups in total. The average molecular weight is 843 g/mol. The van der Waals surface area contributed by atoms with Crippen molar-refractivity contribution >= 4 is 90.6 Å². The molecule has 0 aliphatic heterocycles. The number of rotatable bonds is 10. The van der Waals surface area contributed by atoms with E-state index in [-0.39, 0.29) is 54.1 Å². The van der Waals surface area contributed by atoms with Gasteiger partial charge in [0.1, 0.15) is 21.3 Å². The molecule has 2 amide bonds. The van der Waals surface area contributed by atoms with Crippen LogP contribution in [0.2, 0.25) is 0 Å². The molecule has 56 heavy (non-hydrogen) atoms. The molecule has 6 rings (SSSR count). The van der Waals surface area contributed by atoms with Crippen molar-refractivity contribution in [1.82, 2.24) is 0 Å². The Labute approximate surface area is 320 Å². The first-order valence-corrected chi connectivity index (χ1v) is 21.7. The quantitative estimate of drug-likeness (QED) is 0.0763. The Morgan fingerprint density at radius 1 is 0.482 bits per heavy atom. The molecule has 0 saturated heterocycles. The van der Waals surface area contributed by atoms with Gasteiger partial charge in [-0.2, -0.15) is 16.8 Å². The Balaban J connectivity index is 1.15. The van der Waals surface area contributed by atoms with Gasteiger partial charge in [-0.3, -0.25) is 18.5 Å². The number of fused-ring (bicyclic) bond motifs is 2. The van der Waals surface area contributed by atoms with Gasteiger partial charge >= 0.3 is 6.03 Å². The molecule has 21 heteroatoms. The summed E-state index contributed by atoms with van der Waals surface area (Å²) in [5.74, 6) is -1.52. The minimum atomic E-state index is -4.75. The number of hydrogen-bond acceptors (Lipinski definition) is 11. The number of nitrogens with one attached hydrogen (secondary N) is 4. The highest BCUT2D eigenvalue weighted by Crippen LogP contribution is 2.38. The summed E-state index contributed by atoms with van der Waals surface area (Å²) >= 11 is 0. The number of anilines is 4. The maximum atomic E-state index is 13.3. The molecular weight excluding hydrogens is 813 g/mol. The normalized spacial score (nSPS) is 12.4. The second kappa shape index (κ2) is 14.3. The van der Waals surface area contributed by atoms with E-state index in [2.05, 4.69) is 20.1 Å². The number of phenolic OH excluding ortho intramolecular Hbond substituents is 2. The number of sulfonamides is 2. The zero-order valence-corrected chi connectivity index (χ0v) is 32.1. The minimum absolute atomic E-state index is 0.00889. The van der Waals surface area contributed by atoms with Gasteiger partial charge in [-0.25, -0.2) is 21.6 Å². The van der Waals surface area contributed by atoms with Crippen molar-refractivity contribution in [1.29, 1.82) is 0 Å². The van der Waals surface area contributed by atoms with Crippen LogP contribution in [0.25, 0.3) is 21.5 Å². The highest BCUT2D eigenvalue weighted by molar-refractivity contribution is 7.93. The molecule has 0 aliphatic carbocycles. The van der Waals surface area contributed by atoms with E-state index in [4.69, 9.17) is 0 Å². The van der Waals surface area contributed by atoms with E-state index in [1.807, 2.05) is 0 Å². The van der Waals surface area contributed by atoms with Crippen molar-refractivity contribution in [2.24, 2.45) is 0 Å². The number of hydrogen-bond donors (Lipinski definition) is 8. The highest BCUT2D eigenvalue weighted by atomic mass is 32.2. The van der Waals surface area contributed by atoms with Crippen molar-refractivity contribution in [3.8, 4) is 11.5 Å². The Kier molecular flexibility index (Phi) is 10.1. The van der Waals surface area contributed by atoms with E-state index in [9.17, 15) is 57.8 Å². The van der Waals surface area contributed by atoms with Crippen LogP contribution in [0.5, 0.6) is 11.5 Å². The SMILES string of the molecule is Cc1cc(S(=O)(=O)Nc2cccc3c(O)c(S(=O)(=O)O)ccc23)ccc1NC(=O)Nc1ccc(S(=O)(=O)Nc2cccc3c(O)c(S(=O)(=O)O)ccc23)cc1C. The van der Waals surface area contributed by atoms with E-state index >= 15 is 0 Å². The number of carbonyl (C=O) groups is 1. The fourth-order valence-electron chi connectivity index (χ4n) is 5.81. The lowest BCUT2D eigenvalue weighted by Gasteiger charge is -2.15. The predicted octanol–water partition coefficient (Wildman–Crippen LogP) is 5.76. The molecule has 17 nitrogen and oxygen atoms in total. The van der Waals surface area contributed by atoms with Gasteiger partial charge in [-0.15, -0.1) is 0 Å². The molecular formula is C35H30N4O13S4. The molecule has 0 aromatic heterocycles. The zero-order chi connectivity index (χ0) is 41.0. The fourth-order valence-corrected chi connectivity index (χ4v) is 9.33. The van der Waals surface area contributed by atoms with Gasteiger partial charge in [0.15, 0.2) is 0 Å². The Morgan fingerprint density at radius 2 is 0.857 bits per heavy atom. The maximum absolute atomic E-state index is 13.3. The second-order valence-corrected chi connectivity index (χ2v) is 18.5. The maximum Gasteiger partial charge on any atom is 0.323 e. The molecule has 0 radical (unpaired) electrons. The Bertz CT molecular complexity index is 2880. The van der Waals surface area contributed by atoms with Crippen molar-refractivity contribution in [3.63, 3.8) is 0 Å². The molecule has 0 fully saturated rings. The van der Waals surface area contributed by atoms with E-state index in [1.165, 1.54) is 84.9 Å². The van der Waals surface area contributed by atoms with Crippen molar-refractivity contribution < 1.29 is 57.8 Å².